The molecule has 1 rings (SSSR count). The Balaban J connectivity index is 3.30. The van der Waals surface area contributed by atoms with Gasteiger partial charge in [0.15, 0.2) is 0 Å². The zero-order valence-corrected chi connectivity index (χ0v) is 8.05. The van der Waals surface area contributed by atoms with Gasteiger partial charge in [-0.05, 0) is 17.7 Å². The maximum Gasteiger partial charge on any atom is 0.141 e. The molecule has 14 heavy (non-hydrogen) atoms. The molecular weight excluding hydrogens is 203 g/mol. The molecule has 0 radical (unpaired) electrons. The first kappa shape index (κ1) is 10.7. The highest BCUT2D eigenvalue weighted by molar-refractivity contribution is 6.31. The molecule has 4 heteroatoms. The van der Waals surface area contributed by atoms with E-state index in [1.807, 2.05) is 0 Å². The van der Waals surface area contributed by atoms with Crippen LogP contribution in [0.1, 0.15) is 17.2 Å². The number of nitriles is 1. The normalized spacial score (nSPS) is 11.9. The average molecular weight is 211 g/mol. The Bertz CT molecular complexity index is 409. The van der Waals surface area contributed by atoms with Gasteiger partial charge in [-0.3, -0.25) is 0 Å². The number of rotatable bonds is 2. The minimum absolute atomic E-state index is 0.0880. The SMILES string of the molecule is C=C[C@@H](N)c1cc(F)c(C#N)cc1Cl. The summed E-state index contributed by atoms with van der Waals surface area (Å²) in [5, 5.41) is 8.80. The van der Waals surface area contributed by atoms with E-state index in [9.17, 15) is 4.39 Å². The van der Waals surface area contributed by atoms with Crippen LogP contribution in [0.5, 0.6) is 0 Å². The summed E-state index contributed by atoms with van der Waals surface area (Å²) in [5.74, 6) is -0.621. The summed E-state index contributed by atoms with van der Waals surface area (Å²) < 4.78 is 13.2. The lowest BCUT2D eigenvalue weighted by molar-refractivity contribution is 0.620. The lowest BCUT2D eigenvalue weighted by Gasteiger charge is -2.09. The van der Waals surface area contributed by atoms with Crippen molar-refractivity contribution in [2.24, 2.45) is 5.73 Å². The van der Waals surface area contributed by atoms with Crippen LogP contribution >= 0.6 is 11.6 Å². The zero-order chi connectivity index (χ0) is 10.7. The Labute approximate surface area is 86.4 Å². The summed E-state index contributed by atoms with van der Waals surface area (Å²) in [4.78, 5) is 0. The van der Waals surface area contributed by atoms with Gasteiger partial charge in [-0.1, -0.05) is 17.7 Å². The zero-order valence-electron chi connectivity index (χ0n) is 7.30. The molecule has 72 valence electrons. The Morgan fingerprint density at radius 2 is 2.29 bits per heavy atom. The molecule has 1 atom stereocenters. The van der Waals surface area contributed by atoms with Crippen LogP contribution in [0.25, 0.3) is 0 Å². The lowest BCUT2D eigenvalue weighted by atomic mass is 10.1. The van der Waals surface area contributed by atoms with E-state index >= 15 is 0 Å². The Kier molecular flexibility index (Phi) is 3.23. The van der Waals surface area contributed by atoms with Crippen molar-refractivity contribution in [3.63, 3.8) is 0 Å². The maximum atomic E-state index is 13.2. The van der Waals surface area contributed by atoms with Crippen molar-refractivity contribution in [1.82, 2.24) is 0 Å². The molecule has 0 aromatic heterocycles. The van der Waals surface area contributed by atoms with Crippen LogP contribution in [0.15, 0.2) is 24.8 Å². The molecule has 1 aromatic rings. The van der Waals surface area contributed by atoms with Crippen molar-refractivity contribution in [1.29, 1.82) is 5.26 Å². The standard InChI is InChI=1S/C10H8ClFN2/c1-2-10(14)7-4-9(12)6(5-13)3-8(7)11/h2-4,10H,1,14H2/t10-/m1/s1. The second-order valence-electron chi connectivity index (χ2n) is 2.73. The van der Waals surface area contributed by atoms with Gasteiger partial charge in [0.1, 0.15) is 11.9 Å². The number of nitrogens with two attached hydrogens (primary N) is 1. The molecule has 0 aliphatic carbocycles. The second kappa shape index (κ2) is 4.23. The summed E-state index contributed by atoms with van der Waals surface area (Å²) >= 11 is 5.81. The fourth-order valence-electron chi connectivity index (χ4n) is 1.03. The number of benzene rings is 1. The Morgan fingerprint density at radius 3 is 2.79 bits per heavy atom. The third-order valence-electron chi connectivity index (χ3n) is 1.82. The first-order valence-corrected chi connectivity index (χ1v) is 4.25. The molecule has 0 spiro atoms. The lowest BCUT2D eigenvalue weighted by Crippen LogP contribution is -2.08. The van der Waals surface area contributed by atoms with Crippen LogP contribution in [-0.4, -0.2) is 0 Å². The average Bonchev–Trinajstić information content (AvgIpc) is 2.19. The number of hydrogen-bond acceptors (Lipinski definition) is 2. The minimum atomic E-state index is -0.621. The van der Waals surface area contributed by atoms with Crippen molar-refractivity contribution in [2.75, 3.05) is 0 Å². The van der Waals surface area contributed by atoms with E-state index in [0.717, 1.165) is 6.07 Å². The molecule has 0 aliphatic heterocycles. The summed E-state index contributed by atoms with van der Waals surface area (Å²) in [7, 11) is 0. The fourth-order valence-corrected chi connectivity index (χ4v) is 1.32. The van der Waals surface area contributed by atoms with Crippen LogP contribution < -0.4 is 5.73 Å². The highest BCUT2D eigenvalue weighted by Crippen LogP contribution is 2.25. The summed E-state index contributed by atoms with van der Waals surface area (Å²) in [6, 6.07) is 3.59. The van der Waals surface area contributed by atoms with E-state index in [-0.39, 0.29) is 10.6 Å². The van der Waals surface area contributed by atoms with Crippen LogP contribution in [0.3, 0.4) is 0 Å². The van der Waals surface area contributed by atoms with Gasteiger partial charge in [-0.25, -0.2) is 4.39 Å². The van der Waals surface area contributed by atoms with E-state index in [0.29, 0.717) is 5.56 Å². The fraction of sp³-hybridized carbons (Fsp3) is 0.100. The number of hydrogen-bond donors (Lipinski definition) is 1. The molecular formula is C10H8ClFN2. The van der Waals surface area contributed by atoms with Crippen LogP contribution in [0.2, 0.25) is 5.02 Å². The monoisotopic (exact) mass is 210 g/mol. The molecule has 0 fully saturated rings. The summed E-state index contributed by atoms with van der Waals surface area (Å²) in [6.45, 7) is 3.48. The van der Waals surface area contributed by atoms with Crippen molar-refractivity contribution in [3.8, 4) is 6.07 Å². The Morgan fingerprint density at radius 1 is 1.64 bits per heavy atom. The van der Waals surface area contributed by atoms with E-state index < -0.39 is 11.9 Å². The highest BCUT2D eigenvalue weighted by atomic mass is 35.5. The predicted octanol–water partition coefficient (Wildman–Crippen LogP) is 2.54. The quantitative estimate of drug-likeness (QED) is 0.763. The molecule has 0 bridgehead atoms. The van der Waals surface area contributed by atoms with Crippen molar-refractivity contribution in [3.05, 3.63) is 46.8 Å². The van der Waals surface area contributed by atoms with Crippen LogP contribution in [0.4, 0.5) is 4.39 Å². The molecule has 0 unspecified atom stereocenters. The maximum absolute atomic E-state index is 13.2. The van der Waals surface area contributed by atoms with Crippen LogP contribution in [-0.2, 0) is 0 Å². The molecule has 0 heterocycles. The largest absolute Gasteiger partial charge is 0.321 e. The highest BCUT2D eigenvalue weighted by Gasteiger charge is 2.11. The van der Waals surface area contributed by atoms with Gasteiger partial charge in [-0.15, -0.1) is 6.58 Å². The molecule has 1 aromatic carbocycles. The van der Waals surface area contributed by atoms with Gasteiger partial charge < -0.3 is 5.73 Å². The van der Waals surface area contributed by atoms with E-state index in [4.69, 9.17) is 22.6 Å². The summed E-state index contributed by atoms with van der Waals surface area (Å²) in [5.41, 5.74) is 5.94. The third-order valence-corrected chi connectivity index (χ3v) is 2.15. The van der Waals surface area contributed by atoms with Crippen molar-refractivity contribution < 1.29 is 4.39 Å². The van der Waals surface area contributed by atoms with Gasteiger partial charge in [0.05, 0.1) is 5.56 Å². The van der Waals surface area contributed by atoms with Crippen LogP contribution in [0, 0.1) is 17.1 Å². The first-order valence-electron chi connectivity index (χ1n) is 3.87. The van der Waals surface area contributed by atoms with E-state index in [1.165, 1.54) is 12.1 Å². The molecule has 0 aliphatic rings. The Hall–Kier alpha value is -1.37. The molecule has 0 amide bonds. The molecule has 0 saturated carbocycles. The minimum Gasteiger partial charge on any atom is -0.321 e. The third kappa shape index (κ3) is 1.92. The molecule has 2 nitrogen and oxygen atoms in total. The molecule has 0 saturated heterocycles. The smallest absolute Gasteiger partial charge is 0.141 e. The number of halogens is 2. The van der Waals surface area contributed by atoms with Gasteiger partial charge in [0.25, 0.3) is 0 Å². The van der Waals surface area contributed by atoms with E-state index in [2.05, 4.69) is 6.58 Å². The van der Waals surface area contributed by atoms with Gasteiger partial charge in [0.2, 0.25) is 0 Å². The van der Waals surface area contributed by atoms with E-state index in [1.54, 1.807) is 6.07 Å². The van der Waals surface area contributed by atoms with Gasteiger partial charge >= 0.3 is 0 Å². The second-order valence-corrected chi connectivity index (χ2v) is 3.13. The van der Waals surface area contributed by atoms with Gasteiger partial charge in [-0.2, -0.15) is 5.26 Å². The first-order chi connectivity index (χ1) is 6.60. The number of nitrogens with zero attached hydrogens (tertiary/aromatic N) is 1. The topological polar surface area (TPSA) is 49.8 Å². The van der Waals surface area contributed by atoms with Gasteiger partial charge in [0, 0.05) is 11.1 Å². The van der Waals surface area contributed by atoms with Crippen molar-refractivity contribution >= 4 is 11.6 Å². The molecule has 2 N–H and O–H groups in total. The summed E-state index contributed by atoms with van der Waals surface area (Å²) in [6.07, 6.45) is 1.45. The van der Waals surface area contributed by atoms with Crippen molar-refractivity contribution in [2.45, 2.75) is 6.04 Å². The predicted molar refractivity (Wildman–Crippen MR) is 53.3 cm³/mol.